The summed E-state index contributed by atoms with van der Waals surface area (Å²) in [5.74, 6) is 0. The van der Waals surface area contributed by atoms with Gasteiger partial charge in [-0.1, -0.05) is 204 Å². The number of rotatable bonds is 5. The van der Waals surface area contributed by atoms with Crippen LogP contribution in [0.5, 0.6) is 0 Å². The van der Waals surface area contributed by atoms with Crippen molar-refractivity contribution in [1.29, 1.82) is 0 Å². The molecule has 0 atom stereocenters. The predicted molar refractivity (Wildman–Crippen MR) is 251 cm³/mol. The summed E-state index contributed by atoms with van der Waals surface area (Å²) in [6.45, 7) is 9.66. The lowest BCUT2D eigenvalue weighted by Crippen LogP contribution is -2.29. The Morgan fingerprint density at radius 1 is 0.350 bits per heavy atom. The summed E-state index contributed by atoms with van der Waals surface area (Å²) in [5.41, 5.74) is 21.1. The fourth-order valence-electron chi connectivity index (χ4n) is 11.8. The van der Waals surface area contributed by atoms with Gasteiger partial charge >= 0.3 is 0 Å². The molecule has 3 aliphatic carbocycles. The van der Waals surface area contributed by atoms with Gasteiger partial charge in [-0.3, -0.25) is 0 Å². The van der Waals surface area contributed by atoms with Crippen LogP contribution in [0.4, 0.5) is 17.1 Å². The largest absolute Gasteiger partial charge is 0.309 e. The molecule has 0 unspecified atom stereocenters. The zero-order chi connectivity index (χ0) is 40.4. The first kappa shape index (κ1) is 35.0. The van der Waals surface area contributed by atoms with E-state index < -0.39 is 5.41 Å². The van der Waals surface area contributed by atoms with Gasteiger partial charge in [0.1, 0.15) is 0 Å². The third-order valence-corrected chi connectivity index (χ3v) is 14.3. The van der Waals surface area contributed by atoms with Gasteiger partial charge in [-0.2, -0.15) is 0 Å². The van der Waals surface area contributed by atoms with Crippen LogP contribution in [-0.4, -0.2) is 0 Å². The van der Waals surface area contributed by atoms with Gasteiger partial charge in [0, 0.05) is 22.1 Å². The second kappa shape index (κ2) is 12.5. The Bertz CT molecular complexity index is 3160. The molecule has 286 valence electrons. The summed E-state index contributed by atoms with van der Waals surface area (Å²) in [6, 6.07) is 75.4. The van der Waals surface area contributed by atoms with E-state index >= 15 is 0 Å². The molecule has 3 aliphatic rings. The molecule has 1 nitrogen and oxygen atoms in total. The molecular formula is C59H45N. The number of fused-ring (bicyclic) bond motifs is 11. The van der Waals surface area contributed by atoms with Gasteiger partial charge in [0.15, 0.2) is 0 Å². The number of anilines is 3. The molecule has 0 spiro atoms. The van der Waals surface area contributed by atoms with Crippen molar-refractivity contribution < 1.29 is 0 Å². The molecule has 60 heavy (non-hydrogen) atoms. The van der Waals surface area contributed by atoms with Crippen LogP contribution in [0.25, 0.3) is 44.2 Å². The number of hydrogen-bond donors (Lipinski definition) is 0. The predicted octanol–water partition coefficient (Wildman–Crippen LogP) is 15.3. The summed E-state index contributed by atoms with van der Waals surface area (Å²) in [7, 11) is 0. The van der Waals surface area contributed by atoms with Crippen LogP contribution in [0.3, 0.4) is 0 Å². The molecule has 9 aromatic rings. The standard InChI is InChI=1S/C59H45N/c1-57(2)48-30-16-13-27-44(48)46-29-19-33-52(55(46)57)60(53-36-38-20-11-12-25-42(38)56-54(53)47-28-15-17-31-49(47)58(56,3)4)41-34-35-45-43-26-14-18-32-50(43)59(51(45)37-41,39-21-7-5-8-22-39)40-23-9-6-10-24-40/h5-37H,1-4H3. The molecule has 0 aliphatic heterocycles. The highest BCUT2D eigenvalue weighted by Gasteiger charge is 2.47. The second-order valence-electron chi connectivity index (χ2n) is 18.0. The lowest BCUT2D eigenvalue weighted by atomic mass is 9.67. The van der Waals surface area contributed by atoms with Gasteiger partial charge in [0.05, 0.1) is 16.8 Å². The molecule has 0 saturated heterocycles. The summed E-state index contributed by atoms with van der Waals surface area (Å²) in [4.78, 5) is 2.64. The van der Waals surface area contributed by atoms with Gasteiger partial charge in [-0.05, 0) is 107 Å². The third kappa shape index (κ3) is 4.53. The highest BCUT2D eigenvalue weighted by molar-refractivity contribution is 6.07. The molecule has 9 aromatic carbocycles. The van der Waals surface area contributed by atoms with Crippen LogP contribution in [-0.2, 0) is 16.2 Å². The maximum atomic E-state index is 2.64. The fourth-order valence-corrected chi connectivity index (χ4v) is 11.8. The molecule has 12 rings (SSSR count). The molecule has 0 N–H and O–H groups in total. The van der Waals surface area contributed by atoms with E-state index in [1.807, 2.05) is 0 Å². The van der Waals surface area contributed by atoms with E-state index in [1.54, 1.807) is 0 Å². The fraction of sp³-hybridized carbons (Fsp3) is 0.119. The number of nitrogens with zero attached hydrogens (tertiary/aromatic N) is 1. The van der Waals surface area contributed by atoms with Gasteiger partial charge in [0.25, 0.3) is 0 Å². The molecular weight excluding hydrogens is 723 g/mol. The minimum Gasteiger partial charge on any atom is -0.309 e. The molecule has 0 bridgehead atoms. The Labute approximate surface area is 353 Å². The third-order valence-electron chi connectivity index (χ3n) is 14.3. The van der Waals surface area contributed by atoms with E-state index in [4.69, 9.17) is 0 Å². The molecule has 1 heteroatoms. The minimum atomic E-state index is -0.524. The minimum absolute atomic E-state index is 0.198. The Kier molecular flexibility index (Phi) is 7.31. The summed E-state index contributed by atoms with van der Waals surface area (Å²) < 4.78 is 0. The van der Waals surface area contributed by atoms with Gasteiger partial charge < -0.3 is 4.90 Å². The monoisotopic (exact) mass is 767 g/mol. The number of benzene rings is 9. The molecule has 0 saturated carbocycles. The van der Waals surface area contributed by atoms with E-state index in [0.717, 1.165) is 5.69 Å². The van der Waals surface area contributed by atoms with Crippen molar-refractivity contribution in [3.05, 3.63) is 245 Å². The van der Waals surface area contributed by atoms with Crippen molar-refractivity contribution in [1.82, 2.24) is 0 Å². The first-order valence-electron chi connectivity index (χ1n) is 21.4. The second-order valence-corrected chi connectivity index (χ2v) is 18.0. The lowest BCUT2D eigenvalue weighted by Gasteiger charge is -2.36. The van der Waals surface area contributed by atoms with Crippen molar-refractivity contribution in [2.24, 2.45) is 0 Å². The van der Waals surface area contributed by atoms with Crippen molar-refractivity contribution >= 4 is 27.8 Å². The number of hydrogen-bond acceptors (Lipinski definition) is 1. The summed E-state index contributed by atoms with van der Waals surface area (Å²) in [6.07, 6.45) is 0. The van der Waals surface area contributed by atoms with Crippen LogP contribution < -0.4 is 4.90 Å². The average molecular weight is 768 g/mol. The van der Waals surface area contributed by atoms with E-state index in [0.29, 0.717) is 0 Å². The van der Waals surface area contributed by atoms with E-state index in [9.17, 15) is 0 Å². The summed E-state index contributed by atoms with van der Waals surface area (Å²) in [5, 5.41) is 2.57. The smallest absolute Gasteiger partial charge is 0.0714 e. The van der Waals surface area contributed by atoms with Crippen molar-refractivity contribution in [2.45, 2.75) is 43.9 Å². The molecule has 0 heterocycles. The van der Waals surface area contributed by atoms with E-state index in [1.165, 1.54) is 100 Å². The molecule has 0 radical (unpaired) electrons. The van der Waals surface area contributed by atoms with Gasteiger partial charge in [0.2, 0.25) is 0 Å². The first-order chi connectivity index (χ1) is 29.3. The Morgan fingerprint density at radius 3 is 1.57 bits per heavy atom. The van der Waals surface area contributed by atoms with Crippen LogP contribution in [0.1, 0.15) is 72.2 Å². The first-order valence-corrected chi connectivity index (χ1v) is 21.4. The maximum absolute atomic E-state index is 2.64. The van der Waals surface area contributed by atoms with Crippen LogP contribution in [0.2, 0.25) is 0 Å². The molecule has 0 aromatic heterocycles. The topological polar surface area (TPSA) is 3.24 Å². The van der Waals surface area contributed by atoms with Crippen LogP contribution >= 0.6 is 0 Å². The highest BCUT2D eigenvalue weighted by Crippen LogP contribution is 2.61. The van der Waals surface area contributed by atoms with Crippen molar-refractivity contribution in [3.63, 3.8) is 0 Å². The lowest BCUT2D eigenvalue weighted by molar-refractivity contribution is 0.660. The van der Waals surface area contributed by atoms with Gasteiger partial charge in [-0.25, -0.2) is 0 Å². The summed E-state index contributed by atoms with van der Waals surface area (Å²) >= 11 is 0. The molecule has 0 amide bonds. The quantitative estimate of drug-likeness (QED) is 0.169. The molecule has 0 fully saturated rings. The average Bonchev–Trinajstić information content (AvgIpc) is 3.82. The Balaban J connectivity index is 1.23. The van der Waals surface area contributed by atoms with Crippen LogP contribution in [0.15, 0.2) is 200 Å². The van der Waals surface area contributed by atoms with E-state index in [2.05, 4.69) is 233 Å². The van der Waals surface area contributed by atoms with Crippen molar-refractivity contribution in [2.75, 3.05) is 4.90 Å². The maximum Gasteiger partial charge on any atom is 0.0714 e. The normalized spacial score (nSPS) is 15.4. The zero-order valence-corrected chi connectivity index (χ0v) is 34.5. The van der Waals surface area contributed by atoms with E-state index in [-0.39, 0.29) is 10.8 Å². The van der Waals surface area contributed by atoms with Crippen LogP contribution in [0, 0.1) is 0 Å². The highest BCUT2D eigenvalue weighted by atomic mass is 15.2. The zero-order valence-electron chi connectivity index (χ0n) is 34.5. The van der Waals surface area contributed by atoms with Gasteiger partial charge in [-0.15, -0.1) is 0 Å². The Morgan fingerprint density at radius 2 is 0.867 bits per heavy atom. The Hall–Kier alpha value is -6.96. The SMILES string of the molecule is CC1(C)c2ccccc2-c2cccc(N(c3ccc4c(c3)C(c3ccccc3)(c3ccccc3)c3ccccc3-4)c3cc4ccccc4c4c3-c3ccccc3C4(C)C)c21. The van der Waals surface area contributed by atoms with Crippen molar-refractivity contribution in [3.8, 4) is 33.4 Å².